The lowest BCUT2D eigenvalue weighted by Crippen LogP contribution is -2.44. The van der Waals surface area contributed by atoms with Crippen LogP contribution in [0.15, 0.2) is 17.0 Å². The van der Waals surface area contributed by atoms with E-state index in [-0.39, 0.29) is 6.54 Å². The van der Waals surface area contributed by atoms with Crippen LogP contribution in [0.3, 0.4) is 0 Å². The lowest BCUT2D eigenvalue weighted by molar-refractivity contribution is 0.00943. The Balaban J connectivity index is 2.19. The minimum Gasteiger partial charge on any atom is -0.389 e. The first-order valence-corrected chi connectivity index (χ1v) is 8.08. The molecule has 2 rings (SSSR count). The van der Waals surface area contributed by atoms with E-state index in [1.165, 1.54) is 0 Å². The Morgan fingerprint density at radius 2 is 1.62 bits per heavy atom. The van der Waals surface area contributed by atoms with Crippen molar-refractivity contribution in [3.63, 3.8) is 0 Å². The minimum atomic E-state index is -4.50. The molecule has 118 valence electrons. The first kappa shape index (κ1) is 16.3. The van der Waals surface area contributed by atoms with Gasteiger partial charge in [-0.3, -0.25) is 0 Å². The number of sulfonamides is 1. The zero-order valence-electron chi connectivity index (χ0n) is 11.2. The molecule has 0 radical (unpaired) electrons. The van der Waals surface area contributed by atoms with Crippen LogP contribution in [0.5, 0.6) is 0 Å². The molecule has 1 saturated carbocycles. The van der Waals surface area contributed by atoms with Gasteiger partial charge in [-0.1, -0.05) is 19.3 Å². The summed E-state index contributed by atoms with van der Waals surface area (Å²) in [4.78, 5) is -1.23. The number of halogens is 3. The Hall–Kier alpha value is -1.12. The average Bonchev–Trinajstić information content (AvgIpc) is 2.36. The number of hydrogen-bond acceptors (Lipinski definition) is 3. The van der Waals surface area contributed by atoms with Crippen LogP contribution in [0.2, 0.25) is 0 Å². The lowest BCUT2D eigenvalue weighted by Gasteiger charge is -2.32. The maximum atomic E-state index is 13.5. The second-order valence-corrected chi connectivity index (χ2v) is 7.01. The van der Waals surface area contributed by atoms with Crippen LogP contribution >= 0.6 is 0 Å². The predicted octanol–water partition coefficient (Wildman–Crippen LogP) is 2.08. The molecular weight excluding hydrogens is 307 g/mol. The zero-order chi connectivity index (χ0) is 15.7. The molecule has 0 spiro atoms. The highest BCUT2D eigenvalue weighted by Crippen LogP contribution is 2.28. The molecule has 0 aliphatic heterocycles. The molecule has 2 N–H and O–H groups in total. The van der Waals surface area contributed by atoms with Crippen LogP contribution in [0.4, 0.5) is 13.2 Å². The molecule has 8 heteroatoms. The molecule has 0 bridgehead atoms. The minimum absolute atomic E-state index is 0.299. The molecule has 1 aromatic carbocycles. The molecule has 0 amide bonds. The van der Waals surface area contributed by atoms with Gasteiger partial charge in [0.2, 0.25) is 10.0 Å². The molecule has 1 aliphatic rings. The Morgan fingerprint density at radius 1 is 1.10 bits per heavy atom. The molecule has 1 fully saturated rings. The summed E-state index contributed by atoms with van der Waals surface area (Å²) in [5.74, 6) is -4.21. The van der Waals surface area contributed by atoms with Gasteiger partial charge in [0.1, 0.15) is 17.5 Å². The van der Waals surface area contributed by atoms with E-state index in [1.807, 2.05) is 4.72 Å². The summed E-state index contributed by atoms with van der Waals surface area (Å²) in [6.45, 7) is -0.328. The van der Waals surface area contributed by atoms with Crippen molar-refractivity contribution in [1.82, 2.24) is 4.72 Å². The third kappa shape index (κ3) is 3.75. The fourth-order valence-corrected chi connectivity index (χ4v) is 3.71. The molecular formula is C13H16F3NO3S. The molecule has 0 saturated heterocycles. The Labute approximate surface area is 121 Å². The molecule has 1 aliphatic carbocycles. The van der Waals surface area contributed by atoms with E-state index >= 15 is 0 Å². The lowest BCUT2D eigenvalue weighted by atomic mass is 9.85. The van der Waals surface area contributed by atoms with Gasteiger partial charge in [-0.05, 0) is 12.8 Å². The summed E-state index contributed by atoms with van der Waals surface area (Å²) in [7, 11) is -4.50. The van der Waals surface area contributed by atoms with Gasteiger partial charge in [-0.2, -0.15) is 0 Å². The molecule has 21 heavy (non-hydrogen) atoms. The van der Waals surface area contributed by atoms with Crippen molar-refractivity contribution >= 4 is 10.0 Å². The van der Waals surface area contributed by atoms with Gasteiger partial charge < -0.3 is 5.11 Å². The fourth-order valence-electron chi connectivity index (χ4n) is 2.47. The van der Waals surface area contributed by atoms with Crippen LogP contribution in [-0.4, -0.2) is 25.7 Å². The highest BCUT2D eigenvalue weighted by atomic mass is 32.2. The quantitative estimate of drug-likeness (QED) is 0.891. The number of rotatable bonds is 4. The second-order valence-electron chi connectivity index (χ2n) is 5.31. The predicted molar refractivity (Wildman–Crippen MR) is 69.5 cm³/mol. The van der Waals surface area contributed by atoms with Crippen LogP contribution in [0.25, 0.3) is 0 Å². The standard InChI is InChI=1S/C13H16F3NO3S/c14-9-6-10(15)12(11(16)7-9)21(19,20)17-8-13(18)4-2-1-3-5-13/h6-7,17-18H,1-5,8H2. The summed E-state index contributed by atoms with van der Waals surface area (Å²) < 4.78 is 65.7. The maximum absolute atomic E-state index is 13.5. The van der Waals surface area contributed by atoms with Gasteiger partial charge in [0.25, 0.3) is 0 Å². The Morgan fingerprint density at radius 3 is 2.14 bits per heavy atom. The molecule has 0 unspecified atom stereocenters. The van der Waals surface area contributed by atoms with Crippen molar-refractivity contribution in [1.29, 1.82) is 0 Å². The van der Waals surface area contributed by atoms with Crippen molar-refractivity contribution in [2.24, 2.45) is 0 Å². The largest absolute Gasteiger partial charge is 0.389 e. The van der Waals surface area contributed by atoms with Crippen LogP contribution < -0.4 is 4.72 Å². The van der Waals surface area contributed by atoms with Crippen LogP contribution in [0.1, 0.15) is 32.1 Å². The van der Waals surface area contributed by atoms with Crippen LogP contribution in [0, 0.1) is 17.5 Å². The average molecular weight is 323 g/mol. The van der Waals surface area contributed by atoms with E-state index in [1.54, 1.807) is 0 Å². The molecule has 0 atom stereocenters. The number of nitrogens with one attached hydrogen (secondary N) is 1. The van der Waals surface area contributed by atoms with Crippen LogP contribution in [-0.2, 0) is 10.0 Å². The molecule has 1 aromatic rings. The topological polar surface area (TPSA) is 66.4 Å². The van der Waals surface area contributed by atoms with E-state index in [0.29, 0.717) is 25.0 Å². The summed E-state index contributed by atoms with van der Waals surface area (Å²) in [5, 5.41) is 10.2. The van der Waals surface area contributed by atoms with Crippen molar-refractivity contribution in [2.75, 3.05) is 6.54 Å². The normalized spacial score (nSPS) is 18.7. The van der Waals surface area contributed by atoms with E-state index in [4.69, 9.17) is 0 Å². The Bertz CT molecular complexity index is 605. The third-order valence-corrected chi connectivity index (χ3v) is 5.06. The van der Waals surface area contributed by atoms with Crippen molar-refractivity contribution in [2.45, 2.75) is 42.6 Å². The van der Waals surface area contributed by atoms with E-state index in [0.717, 1.165) is 19.3 Å². The first-order valence-electron chi connectivity index (χ1n) is 6.60. The summed E-state index contributed by atoms with van der Waals surface area (Å²) in [6.07, 6.45) is 3.32. The van der Waals surface area contributed by atoms with Gasteiger partial charge in [0.15, 0.2) is 4.90 Å². The highest BCUT2D eigenvalue weighted by Gasteiger charge is 2.32. The fraction of sp³-hybridized carbons (Fsp3) is 0.538. The zero-order valence-corrected chi connectivity index (χ0v) is 12.0. The van der Waals surface area contributed by atoms with E-state index < -0.39 is 38.0 Å². The summed E-state index contributed by atoms with van der Waals surface area (Å²) >= 11 is 0. The summed E-state index contributed by atoms with van der Waals surface area (Å²) in [5.41, 5.74) is -1.21. The van der Waals surface area contributed by atoms with Crippen molar-refractivity contribution in [3.05, 3.63) is 29.6 Å². The van der Waals surface area contributed by atoms with Crippen molar-refractivity contribution < 1.29 is 26.7 Å². The smallest absolute Gasteiger partial charge is 0.246 e. The maximum Gasteiger partial charge on any atom is 0.246 e. The number of aliphatic hydroxyl groups is 1. The Kier molecular flexibility index (Phi) is 4.60. The first-order chi connectivity index (χ1) is 9.73. The SMILES string of the molecule is O=S(=O)(NCC1(O)CCCCC1)c1c(F)cc(F)cc1F. The highest BCUT2D eigenvalue weighted by molar-refractivity contribution is 7.89. The van der Waals surface area contributed by atoms with Crippen molar-refractivity contribution in [3.8, 4) is 0 Å². The number of benzene rings is 1. The third-order valence-electron chi connectivity index (χ3n) is 3.61. The van der Waals surface area contributed by atoms with Gasteiger partial charge in [-0.15, -0.1) is 0 Å². The number of hydrogen-bond donors (Lipinski definition) is 2. The molecule has 0 heterocycles. The van der Waals surface area contributed by atoms with Gasteiger partial charge in [0, 0.05) is 18.7 Å². The van der Waals surface area contributed by atoms with Gasteiger partial charge >= 0.3 is 0 Å². The molecule has 4 nitrogen and oxygen atoms in total. The summed E-state index contributed by atoms with van der Waals surface area (Å²) in [6, 6.07) is 0.597. The van der Waals surface area contributed by atoms with Gasteiger partial charge in [0.05, 0.1) is 5.60 Å². The second kappa shape index (κ2) is 5.94. The monoisotopic (exact) mass is 323 g/mol. The molecule has 0 aromatic heterocycles. The van der Waals surface area contributed by atoms with E-state index in [2.05, 4.69) is 0 Å². The van der Waals surface area contributed by atoms with E-state index in [9.17, 15) is 26.7 Å². The van der Waals surface area contributed by atoms with Gasteiger partial charge in [-0.25, -0.2) is 26.3 Å².